The van der Waals surface area contributed by atoms with Gasteiger partial charge >= 0.3 is 6.09 Å². The maximum atomic E-state index is 13.5. The Morgan fingerprint density at radius 2 is 1.86 bits per heavy atom. The maximum absolute atomic E-state index is 13.5. The SMILES string of the molecule is Cc1ncc(C2=CN=C([C@@H]3COC4(CCN(S(C)(=O)=O)CC4)N3C(=O)OCc3ccccc3)C2)cn1. The number of benzene rings is 1. The smallest absolute Gasteiger partial charge is 0.413 e. The summed E-state index contributed by atoms with van der Waals surface area (Å²) in [5.74, 6) is 0.692. The molecule has 5 rings (SSSR count). The van der Waals surface area contributed by atoms with E-state index in [9.17, 15) is 13.2 Å². The van der Waals surface area contributed by atoms with E-state index in [1.807, 2.05) is 37.3 Å². The lowest BCUT2D eigenvalue weighted by Gasteiger charge is -2.43. The van der Waals surface area contributed by atoms with E-state index in [-0.39, 0.29) is 26.3 Å². The van der Waals surface area contributed by atoms with Gasteiger partial charge in [-0.2, -0.15) is 0 Å². The first-order chi connectivity index (χ1) is 17.2. The van der Waals surface area contributed by atoms with E-state index in [1.165, 1.54) is 10.6 Å². The highest BCUT2D eigenvalue weighted by atomic mass is 32.2. The summed E-state index contributed by atoms with van der Waals surface area (Å²) in [5.41, 5.74) is 2.58. The molecule has 0 bridgehead atoms. The number of aliphatic imine (C=N–C) groups is 1. The van der Waals surface area contributed by atoms with Gasteiger partial charge in [0.1, 0.15) is 24.2 Å². The highest BCUT2D eigenvalue weighted by Crippen LogP contribution is 2.40. The van der Waals surface area contributed by atoms with Gasteiger partial charge in [-0.05, 0) is 18.1 Å². The van der Waals surface area contributed by atoms with Crippen molar-refractivity contribution >= 4 is 27.4 Å². The molecule has 1 amide bonds. The van der Waals surface area contributed by atoms with E-state index in [2.05, 4.69) is 15.0 Å². The molecular formula is C25H29N5O5S. The molecule has 1 atom stereocenters. The number of ether oxygens (including phenoxy) is 2. The first kappa shape index (κ1) is 24.5. The molecule has 0 unspecified atom stereocenters. The van der Waals surface area contributed by atoms with Crippen LogP contribution in [0.25, 0.3) is 5.57 Å². The fourth-order valence-corrected chi connectivity index (χ4v) is 5.77. The molecule has 1 spiro atoms. The molecule has 190 valence electrons. The number of nitrogens with zero attached hydrogens (tertiary/aromatic N) is 5. The van der Waals surface area contributed by atoms with Crippen molar-refractivity contribution in [3.05, 3.63) is 65.9 Å². The normalized spacial score (nSPS) is 21.9. The molecule has 1 aromatic carbocycles. The lowest BCUT2D eigenvalue weighted by Crippen LogP contribution is -2.58. The number of aromatic nitrogens is 2. The largest absolute Gasteiger partial charge is 0.444 e. The minimum Gasteiger partial charge on any atom is -0.444 e. The molecule has 0 N–H and O–H groups in total. The zero-order valence-corrected chi connectivity index (χ0v) is 21.1. The van der Waals surface area contributed by atoms with Crippen molar-refractivity contribution in [1.82, 2.24) is 19.2 Å². The van der Waals surface area contributed by atoms with Crippen molar-refractivity contribution in [1.29, 1.82) is 0 Å². The highest BCUT2D eigenvalue weighted by Gasteiger charge is 2.54. The maximum Gasteiger partial charge on any atom is 0.413 e. The Morgan fingerprint density at radius 1 is 1.17 bits per heavy atom. The second-order valence-corrected chi connectivity index (χ2v) is 11.3. The number of rotatable bonds is 5. The van der Waals surface area contributed by atoms with E-state index < -0.39 is 27.9 Å². The summed E-state index contributed by atoms with van der Waals surface area (Å²) >= 11 is 0. The van der Waals surface area contributed by atoms with Crippen LogP contribution in [-0.2, 0) is 26.1 Å². The standard InChI is InChI=1S/C25H29N5O5S/c1-18-26-14-21(15-27-18)20-12-22(28-13-20)23-17-35-25(8-10-29(11-9-25)36(2,32)33)30(23)24(31)34-16-19-6-4-3-5-7-19/h3-7,13-15,23H,8-12,16-17H2,1-2H3/t23-/m0/s1. The molecule has 3 aliphatic rings. The van der Waals surface area contributed by atoms with Crippen LogP contribution >= 0.6 is 0 Å². The molecular weight excluding hydrogens is 482 g/mol. The summed E-state index contributed by atoms with van der Waals surface area (Å²) in [7, 11) is -3.33. The van der Waals surface area contributed by atoms with E-state index in [4.69, 9.17) is 9.47 Å². The summed E-state index contributed by atoms with van der Waals surface area (Å²) in [6.07, 6.45) is 7.28. The van der Waals surface area contributed by atoms with Gasteiger partial charge in [-0.25, -0.2) is 27.5 Å². The Bertz CT molecular complexity index is 1290. The van der Waals surface area contributed by atoms with Crippen LogP contribution in [0, 0.1) is 6.92 Å². The van der Waals surface area contributed by atoms with Gasteiger partial charge in [0, 0.05) is 62.2 Å². The Labute approximate surface area is 210 Å². The highest BCUT2D eigenvalue weighted by molar-refractivity contribution is 7.88. The number of amides is 1. The molecule has 2 saturated heterocycles. The monoisotopic (exact) mass is 511 g/mol. The average Bonchev–Trinajstić information content (AvgIpc) is 3.49. The van der Waals surface area contributed by atoms with Gasteiger partial charge < -0.3 is 9.47 Å². The molecule has 0 saturated carbocycles. The van der Waals surface area contributed by atoms with Crippen LogP contribution in [0.15, 0.2) is 53.9 Å². The van der Waals surface area contributed by atoms with Crippen LogP contribution in [0.2, 0.25) is 0 Å². The molecule has 11 heteroatoms. The van der Waals surface area contributed by atoms with Gasteiger partial charge in [-0.15, -0.1) is 0 Å². The van der Waals surface area contributed by atoms with Crippen LogP contribution < -0.4 is 0 Å². The van der Waals surface area contributed by atoms with Crippen molar-refractivity contribution in [2.45, 2.75) is 44.6 Å². The second kappa shape index (κ2) is 9.72. The van der Waals surface area contributed by atoms with Gasteiger partial charge in [0.25, 0.3) is 0 Å². The van der Waals surface area contributed by atoms with E-state index in [0.29, 0.717) is 25.1 Å². The molecule has 0 aliphatic carbocycles. The van der Waals surface area contributed by atoms with Crippen LogP contribution in [0.4, 0.5) is 4.79 Å². The van der Waals surface area contributed by atoms with Crippen molar-refractivity contribution < 1.29 is 22.7 Å². The third-order valence-electron chi connectivity index (χ3n) is 6.93. The Hall–Kier alpha value is -3.15. The van der Waals surface area contributed by atoms with Crippen LogP contribution in [0.3, 0.4) is 0 Å². The predicted molar refractivity (Wildman–Crippen MR) is 133 cm³/mol. The topological polar surface area (TPSA) is 114 Å². The first-order valence-corrected chi connectivity index (χ1v) is 13.7. The first-order valence-electron chi connectivity index (χ1n) is 11.9. The fraction of sp³-hybridized carbons (Fsp3) is 0.440. The number of allylic oxidation sites excluding steroid dienone is 1. The summed E-state index contributed by atoms with van der Waals surface area (Å²) in [6.45, 7) is 2.77. The summed E-state index contributed by atoms with van der Waals surface area (Å²) in [5, 5.41) is 0. The summed E-state index contributed by atoms with van der Waals surface area (Å²) < 4.78 is 37.6. The van der Waals surface area contributed by atoms with Crippen molar-refractivity contribution in [2.75, 3.05) is 26.0 Å². The third-order valence-corrected chi connectivity index (χ3v) is 8.23. The lowest BCUT2D eigenvalue weighted by atomic mass is 9.97. The molecule has 10 nitrogen and oxygen atoms in total. The molecule has 2 aromatic rings. The summed E-state index contributed by atoms with van der Waals surface area (Å²) in [6, 6.07) is 9.06. The molecule has 1 aromatic heterocycles. The number of aryl methyl sites for hydroxylation is 1. The van der Waals surface area contributed by atoms with Crippen LogP contribution in [0.5, 0.6) is 0 Å². The quantitative estimate of drug-likeness (QED) is 0.606. The number of carbonyl (C=O) groups excluding carboxylic acids is 1. The van der Waals surface area contributed by atoms with Crippen LogP contribution in [-0.4, -0.2) is 77.1 Å². The molecule has 4 heterocycles. The third kappa shape index (κ3) is 4.91. The number of sulfonamides is 1. The molecule has 2 fully saturated rings. The Balaban J connectivity index is 1.36. The number of hydrogen-bond acceptors (Lipinski definition) is 8. The molecule has 3 aliphatic heterocycles. The molecule has 36 heavy (non-hydrogen) atoms. The zero-order chi connectivity index (χ0) is 25.3. The Morgan fingerprint density at radius 3 is 2.53 bits per heavy atom. The van der Waals surface area contributed by atoms with Gasteiger partial charge in [0.2, 0.25) is 10.0 Å². The average molecular weight is 512 g/mol. The van der Waals surface area contributed by atoms with Gasteiger partial charge in [0.05, 0.1) is 12.9 Å². The van der Waals surface area contributed by atoms with E-state index >= 15 is 0 Å². The van der Waals surface area contributed by atoms with Gasteiger partial charge in [-0.3, -0.25) is 9.89 Å². The number of carbonyl (C=O) groups is 1. The van der Waals surface area contributed by atoms with Crippen molar-refractivity contribution in [3.8, 4) is 0 Å². The van der Waals surface area contributed by atoms with E-state index in [0.717, 1.165) is 22.4 Å². The Kier molecular flexibility index (Phi) is 6.62. The fourth-order valence-electron chi connectivity index (χ4n) is 4.93. The van der Waals surface area contributed by atoms with Crippen molar-refractivity contribution in [2.24, 2.45) is 4.99 Å². The van der Waals surface area contributed by atoms with Crippen LogP contribution in [0.1, 0.15) is 36.2 Å². The minimum atomic E-state index is -3.33. The van der Waals surface area contributed by atoms with Crippen molar-refractivity contribution in [3.63, 3.8) is 0 Å². The van der Waals surface area contributed by atoms with E-state index in [1.54, 1.807) is 23.5 Å². The van der Waals surface area contributed by atoms with Gasteiger partial charge in [-0.1, -0.05) is 30.3 Å². The number of hydrogen-bond donors (Lipinski definition) is 0. The summed E-state index contributed by atoms with van der Waals surface area (Å²) in [4.78, 5) is 28.4. The number of piperidine rings is 1. The minimum absolute atomic E-state index is 0.130. The zero-order valence-electron chi connectivity index (χ0n) is 20.3. The second-order valence-electron chi connectivity index (χ2n) is 9.32. The lowest BCUT2D eigenvalue weighted by molar-refractivity contribution is -0.104. The molecule has 0 radical (unpaired) electrons. The predicted octanol–water partition coefficient (Wildman–Crippen LogP) is 2.76. The van der Waals surface area contributed by atoms with Gasteiger partial charge in [0.15, 0.2) is 0 Å².